The fourth-order valence-corrected chi connectivity index (χ4v) is 3.41. The van der Waals surface area contributed by atoms with E-state index in [1.54, 1.807) is 14.2 Å². The van der Waals surface area contributed by atoms with Gasteiger partial charge in [0.15, 0.2) is 11.5 Å². The molecule has 0 unspecified atom stereocenters. The molecule has 0 atom stereocenters. The van der Waals surface area contributed by atoms with E-state index in [4.69, 9.17) is 20.9 Å². The van der Waals surface area contributed by atoms with Gasteiger partial charge in [0.2, 0.25) is 0 Å². The van der Waals surface area contributed by atoms with Crippen LogP contribution in [0, 0.1) is 0 Å². The van der Waals surface area contributed by atoms with Crippen molar-refractivity contribution in [1.29, 1.82) is 0 Å². The lowest BCUT2D eigenvalue weighted by Gasteiger charge is -2.09. The molecule has 3 aromatic rings. The van der Waals surface area contributed by atoms with Gasteiger partial charge in [-0.05, 0) is 53.6 Å². The third-order valence-corrected chi connectivity index (χ3v) is 5.34. The molecule has 33 heavy (non-hydrogen) atoms. The molecule has 178 valence electrons. The molecule has 0 amide bonds. The third kappa shape index (κ3) is 8.28. The molecule has 0 saturated heterocycles. The Balaban J connectivity index is 0.00000272. The maximum absolute atomic E-state index is 6.20. The van der Waals surface area contributed by atoms with Gasteiger partial charge in [-0.15, -0.1) is 24.8 Å². The van der Waals surface area contributed by atoms with Gasteiger partial charge in [-0.3, -0.25) is 4.99 Å². The summed E-state index contributed by atoms with van der Waals surface area (Å²) in [7, 11) is 3.27. The maximum atomic E-state index is 6.20. The lowest BCUT2D eigenvalue weighted by Crippen LogP contribution is -2.14. The van der Waals surface area contributed by atoms with E-state index in [-0.39, 0.29) is 24.8 Å². The standard InChI is InChI=1S/C26H31N3O2.2ClH/c1-30-24-14-11-21(17-25(24)31-2)15-16-29-26(28)23-12-9-20(10-13-23)4-3-19-5-7-22(18-27)8-6-19;;/h5-14,17H,3-4,15-16,18,27H2,1-2H3,(H2,28,29);2*1H. The number of nitrogens with zero attached hydrogens (tertiary/aromatic N) is 1. The average Bonchev–Trinajstić information content (AvgIpc) is 2.83. The molecular formula is C26H33Cl2N3O2. The van der Waals surface area contributed by atoms with Gasteiger partial charge < -0.3 is 20.9 Å². The maximum Gasteiger partial charge on any atom is 0.160 e. The van der Waals surface area contributed by atoms with Crippen LogP contribution >= 0.6 is 24.8 Å². The summed E-state index contributed by atoms with van der Waals surface area (Å²) >= 11 is 0. The highest BCUT2D eigenvalue weighted by Gasteiger charge is 2.05. The summed E-state index contributed by atoms with van der Waals surface area (Å²) in [5.74, 6) is 2.01. The summed E-state index contributed by atoms with van der Waals surface area (Å²) < 4.78 is 10.6. The van der Waals surface area contributed by atoms with Crippen LogP contribution in [0.1, 0.15) is 27.8 Å². The van der Waals surface area contributed by atoms with E-state index >= 15 is 0 Å². The number of ether oxygens (including phenoxy) is 2. The van der Waals surface area contributed by atoms with Crippen LogP contribution in [0.5, 0.6) is 11.5 Å². The van der Waals surface area contributed by atoms with Gasteiger partial charge in [0.25, 0.3) is 0 Å². The van der Waals surface area contributed by atoms with Gasteiger partial charge in [0, 0.05) is 18.7 Å². The zero-order chi connectivity index (χ0) is 22.1. The first kappa shape index (κ1) is 28.3. The smallest absolute Gasteiger partial charge is 0.160 e. The molecule has 0 radical (unpaired) electrons. The Hall–Kier alpha value is -2.73. The number of methoxy groups -OCH3 is 2. The van der Waals surface area contributed by atoms with Crippen molar-refractivity contribution in [1.82, 2.24) is 0 Å². The molecule has 4 N–H and O–H groups in total. The molecule has 0 aliphatic rings. The number of rotatable bonds is 10. The number of benzene rings is 3. The first-order chi connectivity index (χ1) is 15.1. The van der Waals surface area contributed by atoms with Crippen LogP contribution in [0.15, 0.2) is 71.7 Å². The topological polar surface area (TPSA) is 82.9 Å². The Morgan fingerprint density at radius 2 is 1.21 bits per heavy atom. The van der Waals surface area contributed by atoms with Crippen molar-refractivity contribution in [2.75, 3.05) is 20.8 Å². The highest BCUT2D eigenvalue weighted by Crippen LogP contribution is 2.27. The zero-order valence-electron chi connectivity index (χ0n) is 19.1. The van der Waals surface area contributed by atoms with Crippen LogP contribution in [0.3, 0.4) is 0 Å². The van der Waals surface area contributed by atoms with E-state index in [0.29, 0.717) is 18.9 Å². The summed E-state index contributed by atoms with van der Waals surface area (Å²) in [4.78, 5) is 4.54. The number of nitrogens with two attached hydrogens (primary N) is 2. The van der Waals surface area contributed by atoms with E-state index in [1.165, 1.54) is 11.1 Å². The minimum atomic E-state index is 0. The first-order valence-corrected chi connectivity index (χ1v) is 10.5. The second-order valence-electron chi connectivity index (χ2n) is 7.42. The Morgan fingerprint density at radius 3 is 1.76 bits per heavy atom. The number of aliphatic imine (C=N–C) groups is 1. The molecular weight excluding hydrogens is 457 g/mol. The fourth-order valence-electron chi connectivity index (χ4n) is 3.41. The van der Waals surface area contributed by atoms with Gasteiger partial charge in [-0.2, -0.15) is 0 Å². The van der Waals surface area contributed by atoms with Gasteiger partial charge in [-0.1, -0.05) is 54.6 Å². The molecule has 0 aliphatic carbocycles. The van der Waals surface area contributed by atoms with E-state index in [2.05, 4.69) is 41.4 Å². The van der Waals surface area contributed by atoms with Crippen LogP contribution in [0.4, 0.5) is 0 Å². The van der Waals surface area contributed by atoms with E-state index < -0.39 is 0 Å². The summed E-state index contributed by atoms with van der Waals surface area (Å²) in [5, 5.41) is 0. The molecule has 0 spiro atoms. The van der Waals surface area contributed by atoms with Crippen molar-refractivity contribution >= 4 is 30.6 Å². The molecule has 5 nitrogen and oxygen atoms in total. The summed E-state index contributed by atoms with van der Waals surface area (Å²) in [5.41, 5.74) is 17.7. The van der Waals surface area contributed by atoms with Gasteiger partial charge in [0.05, 0.1) is 14.2 Å². The second kappa shape index (κ2) is 14.4. The van der Waals surface area contributed by atoms with Gasteiger partial charge >= 0.3 is 0 Å². The number of hydrogen-bond donors (Lipinski definition) is 2. The molecule has 0 fully saturated rings. The Morgan fingerprint density at radius 1 is 0.697 bits per heavy atom. The third-order valence-electron chi connectivity index (χ3n) is 5.34. The zero-order valence-corrected chi connectivity index (χ0v) is 20.8. The Bertz CT molecular complexity index is 1010. The van der Waals surface area contributed by atoms with Crippen molar-refractivity contribution in [3.05, 3.63) is 94.5 Å². The van der Waals surface area contributed by atoms with Crippen molar-refractivity contribution in [2.45, 2.75) is 25.8 Å². The number of amidine groups is 1. The van der Waals surface area contributed by atoms with Crippen molar-refractivity contribution in [2.24, 2.45) is 16.5 Å². The van der Waals surface area contributed by atoms with E-state index in [9.17, 15) is 0 Å². The van der Waals surface area contributed by atoms with Crippen LogP contribution in [-0.2, 0) is 25.8 Å². The van der Waals surface area contributed by atoms with Crippen LogP contribution in [0.2, 0.25) is 0 Å². The Kier molecular flexibility index (Phi) is 12.4. The fraction of sp³-hybridized carbons (Fsp3) is 0.269. The lowest BCUT2D eigenvalue weighted by molar-refractivity contribution is 0.354. The van der Waals surface area contributed by atoms with Crippen molar-refractivity contribution in [3.63, 3.8) is 0 Å². The molecule has 3 rings (SSSR count). The normalized spacial score (nSPS) is 10.7. The molecule has 0 saturated carbocycles. The van der Waals surface area contributed by atoms with E-state index in [0.717, 1.165) is 47.5 Å². The average molecular weight is 490 g/mol. The SMILES string of the molecule is COc1ccc(CCN=C(N)c2ccc(CCc3ccc(CN)cc3)cc2)cc1OC.Cl.Cl. The Labute approximate surface area is 209 Å². The van der Waals surface area contributed by atoms with Crippen LogP contribution < -0.4 is 20.9 Å². The summed E-state index contributed by atoms with van der Waals surface area (Å²) in [6.07, 6.45) is 2.76. The second-order valence-corrected chi connectivity index (χ2v) is 7.42. The van der Waals surface area contributed by atoms with Gasteiger partial charge in [0.1, 0.15) is 5.84 Å². The van der Waals surface area contributed by atoms with E-state index in [1.807, 2.05) is 30.3 Å². The van der Waals surface area contributed by atoms with Crippen LogP contribution in [0.25, 0.3) is 0 Å². The summed E-state index contributed by atoms with van der Waals surface area (Å²) in [6, 6.07) is 22.7. The quantitative estimate of drug-likeness (QED) is 0.318. The van der Waals surface area contributed by atoms with Gasteiger partial charge in [-0.25, -0.2) is 0 Å². The minimum Gasteiger partial charge on any atom is -0.493 e. The predicted octanol–water partition coefficient (Wildman–Crippen LogP) is 4.74. The molecule has 0 aromatic heterocycles. The number of halogens is 2. The predicted molar refractivity (Wildman–Crippen MR) is 142 cm³/mol. The number of hydrogen-bond acceptors (Lipinski definition) is 4. The minimum absolute atomic E-state index is 0. The van der Waals surface area contributed by atoms with Crippen molar-refractivity contribution < 1.29 is 9.47 Å². The first-order valence-electron chi connectivity index (χ1n) is 10.5. The highest BCUT2D eigenvalue weighted by molar-refractivity contribution is 5.97. The van der Waals surface area contributed by atoms with Crippen molar-refractivity contribution in [3.8, 4) is 11.5 Å². The summed E-state index contributed by atoms with van der Waals surface area (Å²) in [6.45, 7) is 1.20. The molecule has 3 aromatic carbocycles. The monoisotopic (exact) mass is 489 g/mol. The molecule has 0 bridgehead atoms. The number of aryl methyl sites for hydroxylation is 2. The largest absolute Gasteiger partial charge is 0.493 e. The molecule has 7 heteroatoms. The molecule has 0 heterocycles. The van der Waals surface area contributed by atoms with Crippen LogP contribution in [-0.4, -0.2) is 26.6 Å². The molecule has 0 aliphatic heterocycles. The lowest BCUT2D eigenvalue weighted by atomic mass is 10.0. The highest BCUT2D eigenvalue weighted by atomic mass is 35.5.